The first-order valence-electron chi connectivity index (χ1n) is 7.00. The van der Waals surface area contributed by atoms with E-state index < -0.39 is 0 Å². The molecule has 0 saturated carbocycles. The monoisotopic (exact) mass is 270 g/mol. The van der Waals surface area contributed by atoms with Crippen molar-refractivity contribution in [3.8, 4) is 5.75 Å². The molecule has 1 heterocycles. The lowest BCUT2D eigenvalue weighted by molar-refractivity contribution is 0.304. The fourth-order valence-electron chi connectivity index (χ4n) is 1.95. The Morgan fingerprint density at radius 3 is 2.40 bits per heavy atom. The van der Waals surface area contributed by atoms with Gasteiger partial charge in [0, 0.05) is 6.54 Å². The molecule has 0 amide bonds. The van der Waals surface area contributed by atoms with Crippen LogP contribution in [0.1, 0.15) is 36.6 Å². The van der Waals surface area contributed by atoms with Gasteiger partial charge in [0.1, 0.15) is 12.4 Å². The first kappa shape index (κ1) is 14.5. The van der Waals surface area contributed by atoms with Gasteiger partial charge in [-0.15, -0.1) is 0 Å². The Morgan fingerprint density at radius 1 is 1.10 bits per heavy atom. The Kier molecular flexibility index (Phi) is 5.13. The fraction of sp³-hybridized carbons (Fsp3) is 0.353. The van der Waals surface area contributed by atoms with E-state index in [0.717, 1.165) is 18.0 Å². The molecule has 0 saturated heterocycles. The summed E-state index contributed by atoms with van der Waals surface area (Å²) in [5.74, 6) is 1.37. The van der Waals surface area contributed by atoms with Gasteiger partial charge in [0.25, 0.3) is 0 Å². The van der Waals surface area contributed by atoms with Crippen LogP contribution in [0.2, 0.25) is 0 Å². The number of benzene rings is 1. The van der Waals surface area contributed by atoms with Crippen LogP contribution >= 0.6 is 0 Å². The molecule has 106 valence electrons. The number of hydrogen-bond acceptors (Lipinski definition) is 3. The number of pyridine rings is 1. The lowest BCUT2D eigenvalue weighted by atomic mass is 10.0. The molecule has 0 radical (unpaired) electrons. The van der Waals surface area contributed by atoms with E-state index in [2.05, 4.69) is 48.4 Å². The highest BCUT2D eigenvalue weighted by molar-refractivity contribution is 5.25. The molecule has 0 atom stereocenters. The third kappa shape index (κ3) is 4.07. The molecule has 0 aliphatic carbocycles. The van der Waals surface area contributed by atoms with Crippen LogP contribution in [0.4, 0.5) is 0 Å². The fourth-order valence-corrected chi connectivity index (χ4v) is 1.95. The van der Waals surface area contributed by atoms with Gasteiger partial charge in [-0.1, -0.05) is 38.1 Å². The molecule has 2 aromatic rings. The Morgan fingerprint density at radius 2 is 1.85 bits per heavy atom. The van der Waals surface area contributed by atoms with E-state index in [4.69, 9.17) is 4.74 Å². The summed E-state index contributed by atoms with van der Waals surface area (Å²) in [6.07, 6.45) is 1.77. The third-order valence-electron chi connectivity index (χ3n) is 3.21. The zero-order chi connectivity index (χ0) is 14.4. The molecule has 1 N–H and O–H groups in total. The van der Waals surface area contributed by atoms with Crippen LogP contribution in [0, 0.1) is 0 Å². The largest absolute Gasteiger partial charge is 0.487 e. The van der Waals surface area contributed by atoms with Gasteiger partial charge in [0.05, 0.1) is 11.9 Å². The van der Waals surface area contributed by atoms with Crippen LogP contribution in [0.3, 0.4) is 0 Å². The van der Waals surface area contributed by atoms with Gasteiger partial charge < -0.3 is 10.1 Å². The lowest BCUT2D eigenvalue weighted by Gasteiger charge is -2.09. The maximum Gasteiger partial charge on any atom is 0.138 e. The summed E-state index contributed by atoms with van der Waals surface area (Å²) in [6.45, 7) is 5.75. The molecule has 0 bridgehead atoms. The SMILES string of the molecule is CNCc1ccc(OCc2ccc(C(C)C)cc2)cn1. The van der Waals surface area contributed by atoms with Gasteiger partial charge in [-0.05, 0) is 36.2 Å². The van der Waals surface area contributed by atoms with Crippen LogP contribution in [0.25, 0.3) is 0 Å². The molecule has 3 nitrogen and oxygen atoms in total. The summed E-state index contributed by atoms with van der Waals surface area (Å²) in [4.78, 5) is 4.33. The maximum absolute atomic E-state index is 5.74. The van der Waals surface area contributed by atoms with E-state index in [1.165, 1.54) is 11.1 Å². The molecule has 0 unspecified atom stereocenters. The number of ether oxygens (including phenoxy) is 1. The molecule has 3 heteroatoms. The van der Waals surface area contributed by atoms with E-state index in [-0.39, 0.29) is 0 Å². The van der Waals surface area contributed by atoms with Crippen molar-refractivity contribution < 1.29 is 4.74 Å². The van der Waals surface area contributed by atoms with Crippen molar-refractivity contribution >= 4 is 0 Å². The quantitative estimate of drug-likeness (QED) is 0.872. The zero-order valence-electron chi connectivity index (χ0n) is 12.4. The van der Waals surface area contributed by atoms with Gasteiger partial charge in [0.2, 0.25) is 0 Å². The number of aromatic nitrogens is 1. The summed E-state index contributed by atoms with van der Waals surface area (Å²) >= 11 is 0. The van der Waals surface area contributed by atoms with Crippen LogP contribution < -0.4 is 10.1 Å². The minimum atomic E-state index is 0.564. The molecule has 1 aromatic heterocycles. The van der Waals surface area contributed by atoms with Gasteiger partial charge in [-0.2, -0.15) is 0 Å². The Labute approximate surface area is 121 Å². The summed E-state index contributed by atoms with van der Waals surface area (Å²) < 4.78 is 5.74. The first-order valence-corrected chi connectivity index (χ1v) is 7.00. The van der Waals surface area contributed by atoms with Gasteiger partial charge in [-0.25, -0.2) is 0 Å². The van der Waals surface area contributed by atoms with Crippen molar-refractivity contribution in [2.45, 2.75) is 32.9 Å². The summed E-state index contributed by atoms with van der Waals surface area (Å²) in [5.41, 5.74) is 3.54. The smallest absolute Gasteiger partial charge is 0.138 e. The zero-order valence-corrected chi connectivity index (χ0v) is 12.4. The maximum atomic E-state index is 5.74. The minimum absolute atomic E-state index is 0.564. The molecular weight excluding hydrogens is 248 g/mol. The van der Waals surface area contributed by atoms with Crippen LogP contribution in [-0.2, 0) is 13.2 Å². The predicted molar refractivity (Wildman–Crippen MR) is 81.9 cm³/mol. The summed E-state index contributed by atoms with van der Waals surface area (Å²) in [7, 11) is 1.91. The number of hydrogen-bond donors (Lipinski definition) is 1. The Bertz CT molecular complexity index is 518. The standard InChI is InChI=1S/C17H22N2O/c1-13(2)15-6-4-14(5-7-15)12-20-17-9-8-16(10-18-3)19-11-17/h4-9,11,13,18H,10,12H2,1-3H3. The topological polar surface area (TPSA) is 34.1 Å². The average molecular weight is 270 g/mol. The van der Waals surface area contributed by atoms with Crippen molar-refractivity contribution in [2.24, 2.45) is 0 Å². The molecule has 1 aromatic carbocycles. The number of nitrogens with zero attached hydrogens (tertiary/aromatic N) is 1. The van der Waals surface area contributed by atoms with Gasteiger partial charge in [0.15, 0.2) is 0 Å². The first-order chi connectivity index (χ1) is 9.69. The van der Waals surface area contributed by atoms with E-state index >= 15 is 0 Å². The molecule has 0 aliphatic rings. The summed E-state index contributed by atoms with van der Waals surface area (Å²) in [5, 5.41) is 3.07. The van der Waals surface area contributed by atoms with Crippen molar-refractivity contribution in [2.75, 3.05) is 7.05 Å². The number of rotatable bonds is 6. The van der Waals surface area contributed by atoms with E-state index in [1.807, 2.05) is 19.2 Å². The Balaban J connectivity index is 1.91. The second-order valence-corrected chi connectivity index (χ2v) is 5.20. The molecule has 0 fully saturated rings. The molecule has 20 heavy (non-hydrogen) atoms. The molecule has 2 rings (SSSR count). The van der Waals surface area contributed by atoms with Crippen LogP contribution in [-0.4, -0.2) is 12.0 Å². The highest BCUT2D eigenvalue weighted by Gasteiger charge is 2.00. The second-order valence-electron chi connectivity index (χ2n) is 5.20. The van der Waals surface area contributed by atoms with Crippen molar-refractivity contribution in [3.63, 3.8) is 0 Å². The Hall–Kier alpha value is -1.87. The minimum Gasteiger partial charge on any atom is -0.487 e. The highest BCUT2D eigenvalue weighted by Crippen LogP contribution is 2.16. The van der Waals surface area contributed by atoms with Crippen molar-refractivity contribution in [1.82, 2.24) is 10.3 Å². The molecule has 0 aliphatic heterocycles. The molecular formula is C17H22N2O. The van der Waals surface area contributed by atoms with Crippen molar-refractivity contribution in [3.05, 3.63) is 59.4 Å². The predicted octanol–water partition coefficient (Wildman–Crippen LogP) is 3.50. The van der Waals surface area contributed by atoms with Crippen LogP contribution in [0.15, 0.2) is 42.6 Å². The van der Waals surface area contributed by atoms with E-state index in [9.17, 15) is 0 Å². The van der Waals surface area contributed by atoms with Crippen LogP contribution in [0.5, 0.6) is 5.75 Å². The lowest BCUT2D eigenvalue weighted by Crippen LogP contribution is -2.06. The van der Waals surface area contributed by atoms with Gasteiger partial charge >= 0.3 is 0 Å². The normalized spacial score (nSPS) is 10.8. The van der Waals surface area contributed by atoms with E-state index in [0.29, 0.717) is 12.5 Å². The number of nitrogens with one attached hydrogen (secondary N) is 1. The second kappa shape index (κ2) is 7.06. The van der Waals surface area contributed by atoms with Crippen molar-refractivity contribution in [1.29, 1.82) is 0 Å². The highest BCUT2D eigenvalue weighted by atomic mass is 16.5. The molecule has 0 spiro atoms. The van der Waals surface area contributed by atoms with Gasteiger partial charge in [-0.3, -0.25) is 4.98 Å². The van der Waals surface area contributed by atoms with E-state index in [1.54, 1.807) is 6.20 Å². The average Bonchev–Trinajstić information content (AvgIpc) is 2.47. The summed E-state index contributed by atoms with van der Waals surface area (Å²) in [6, 6.07) is 12.5. The third-order valence-corrected chi connectivity index (χ3v) is 3.21.